The molecule has 0 aliphatic rings. The van der Waals surface area contributed by atoms with Crippen LogP contribution < -0.4 is 0 Å². The second kappa shape index (κ2) is 11.8. The minimum Gasteiger partial charge on any atom is -0.475 e. The number of unbranched alkanes of at least 4 members (excludes halogenated alkanes) is 6. The number of carboxylic acids is 1. The van der Waals surface area contributed by atoms with Crippen molar-refractivity contribution in [1.29, 1.82) is 0 Å². The van der Waals surface area contributed by atoms with E-state index in [9.17, 15) is 14.7 Å². The van der Waals surface area contributed by atoms with Crippen LogP contribution >= 0.6 is 0 Å². The van der Waals surface area contributed by atoms with Gasteiger partial charge in [0.25, 0.3) is 0 Å². The van der Waals surface area contributed by atoms with E-state index in [0.717, 1.165) is 77.0 Å². The van der Waals surface area contributed by atoms with E-state index in [1.165, 1.54) is 0 Å². The first-order chi connectivity index (χ1) is 10.0. The molecule has 0 saturated carbocycles. The minimum absolute atomic E-state index is 0.536. The molecule has 0 unspecified atom stereocenters. The largest absolute Gasteiger partial charge is 0.475 e. The predicted octanol–water partition coefficient (Wildman–Crippen LogP) is 5.37. The Morgan fingerprint density at radius 3 is 1.29 bits per heavy atom. The molecule has 0 heterocycles. The Labute approximate surface area is 130 Å². The molecule has 0 aliphatic heterocycles. The van der Waals surface area contributed by atoms with Crippen LogP contribution in [0, 0.1) is 5.41 Å². The molecule has 0 bridgehead atoms. The average Bonchev–Trinajstić information content (AvgIpc) is 2.46. The standard InChI is InChI=1S/C18H34O3/c1-4-7-10-13-18(14-11-8-5-2,15-12-9-6-3)16(19)17(20)21/h4-15H2,1-3H3,(H,20,21). The summed E-state index contributed by atoms with van der Waals surface area (Å²) in [5, 5.41) is 9.24. The Hall–Kier alpha value is -0.860. The molecule has 0 aromatic heterocycles. The molecule has 124 valence electrons. The number of Topliss-reactive ketones (excluding diaryl/α,β-unsaturated/α-hetero) is 1. The highest BCUT2D eigenvalue weighted by Gasteiger charge is 2.40. The lowest BCUT2D eigenvalue weighted by atomic mass is 9.71. The third-order valence-corrected chi connectivity index (χ3v) is 4.45. The molecule has 0 spiro atoms. The van der Waals surface area contributed by atoms with Crippen LogP contribution in [0.3, 0.4) is 0 Å². The summed E-state index contributed by atoms with van der Waals surface area (Å²) >= 11 is 0. The summed E-state index contributed by atoms with van der Waals surface area (Å²) in [7, 11) is 0. The second-order valence-corrected chi connectivity index (χ2v) is 6.29. The van der Waals surface area contributed by atoms with Gasteiger partial charge in [-0.1, -0.05) is 78.6 Å². The fraction of sp³-hybridized carbons (Fsp3) is 0.889. The van der Waals surface area contributed by atoms with E-state index in [-0.39, 0.29) is 0 Å². The summed E-state index contributed by atoms with van der Waals surface area (Å²) < 4.78 is 0. The Morgan fingerprint density at radius 2 is 1.05 bits per heavy atom. The van der Waals surface area contributed by atoms with Crippen LogP contribution in [0.5, 0.6) is 0 Å². The van der Waals surface area contributed by atoms with E-state index in [0.29, 0.717) is 0 Å². The fourth-order valence-corrected chi connectivity index (χ4v) is 3.08. The zero-order chi connectivity index (χ0) is 16.1. The molecule has 0 fully saturated rings. The molecule has 0 radical (unpaired) electrons. The lowest BCUT2D eigenvalue weighted by molar-refractivity contribution is -0.155. The number of rotatable bonds is 14. The second-order valence-electron chi connectivity index (χ2n) is 6.29. The van der Waals surface area contributed by atoms with Crippen LogP contribution in [-0.4, -0.2) is 16.9 Å². The van der Waals surface area contributed by atoms with Gasteiger partial charge in [0.1, 0.15) is 0 Å². The highest BCUT2D eigenvalue weighted by atomic mass is 16.4. The zero-order valence-corrected chi connectivity index (χ0v) is 14.2. The van der Waals surface area contributed by atoms with E-state index in [1.807, 2.05) is 0 Å². The van der Waals surface area contributed by atoms with E-state index >= 15 is 0 Å². The van der Waals surface area contributed by atoms with E-state index in [1.54, 1.807) is 0 Å². The smallest absolute Gasteiger partial charge is 0.372 e. The van der Waals surface area contributed by atoms with Crippen LogP contribution in [-0.2, 0) is 9.59 Å². The molecule has 3 nitrogen and oxygen atoms in total. The van der Waals surface area contributed by atoms with Crippen molar-refractivity contribution < 1.29 is 14.7 Å². The van der Waals surface area contributed by atoms with Crippen molar-refractivity contribution in [1.82, 2.24) is 0 Å². The SMILES string of the molecule is CCCCCC(CCCCC)(CCCCC)C(=O)C(=O)O. The van der Waals surface area contributed by atoms with Crippen molar-refractivity contribution in [3.05, 3.63) is 0 Å². The fourth-order valence-electron chi connectivity index (χ4n) is 3.08. The molecule has 0 aliphatic carbocycles. The summed E-state index contributed by atoms with van der Waals surface area (Å²) in [6, 6.07) is 0. The maximum absolute atomic E-state index is 12.3. The molecule has 0 rings (SSSR count). The van der Waals surface area contributed by atoms with Gasteiger partial charge in [-0.25, -0.2) is 4.79 Å². The van der Waals surface area contributed by atoms with Gasteiger partial charge in [-0.2, -0.15) is 0 Å². The first kappa shape index (κ1) is 20.1. The zero-order valence-electron chi connectivity index (χ0n) is 14.2. The molecule has 0 atom stereocenters. The summed E-state index contributed by atoms with van der Waals surface area (Å²) in [5.74, 6) is -1.77. The lowest BCUT2D eigenvalue weighted by Crippen LogP contribution is -2.37. The van der Waals surface area contributed by atoms with Gasteiger partial charge in [0.2, 0.25) is 5.78 Å². The van der Waals surface area contributed by atoms with Gasteiger partial charge in [0, 0.05) is 5.41 Å². The Balaban J connectivity index is 4.95. The lowest BCUT2D eigenvalue weighted by Gasteiger charge is -2.31. The topological polar surface area (TPSA) is 54.4 Å². The maximum Gasteiger partial charge on any atom is 0.372 e. The van der Waals surface area contributed by atoms with Crippen molar-refractivity contribution in [2.24, 2.45) is 5.41 Å². The number of carboxylic acid groups (broad SMARTS) is 1. The quantitative estimate of drug-likeness (QED) is 0.346. The van der Waals surface area contributed by atoms with E-state index in [2.05, 4.69) is 20.8 Å². The summed E-state index contributed by atoms with van der Waals surface area (Å²) in [4.78, 5) is 23.6. The van der Waals surface area contributed by atoms with Gasteiger partial charge in [-0.3, -0.25) is 4.79 Å². The van der Waals surface area contributed by atoms with Gasteiger partial charge in [-0.15, -0.1) is 0 Å². The number of aliphatic carboxylic acids is 1. The maximum atomic E-state index is 12.3. The first-order valence-electron chi connectivity index (χ1n) is 8.81. The van der Waals surface area contributed by atoms with E-state index < -0.39 is 17.2 Å². The van der Waals surface area contributed by atoms with Crippen LogP contribution in [0.15, 0.2) is 0 Å². The predicted molar refractivity (Wildman–Crippen MR) is 87.5 cm³/mol. The molecular weight excluding hydrogens is 264 g/mol. The Kier molecular flexibility index (Phi) is 11.3. The summed E-state index contributed by atoms with van der Waals surface area (Å²) in [5.41, 5.74) is -0.606. The highest BCUT2D eigenvalue weighted by molar-refractivity contribution is 6.34. The molecule has 0 amide bonds. The Morgan fingerprint density at radius 1 is 0.714 bits per heavy atom. The number of ketones is 1. The number of carbonyl (C=O) groups excluding carboxylic acids is 1. The van der Waals surface area contributed by atoms with Crippen molar-refractivity contribution in [2.75, 3.05) is 0 Å². The van der Waals surface area contributed by atoms with Crippen molar-refractivity contribution in [3.63, 3.8) is 0 Å². The summed E-state index contributed by atoms with van der Waals surface area (Å²) in [6.45, 7) is 6.40. The number of hydrogen-bond acceptors (Lipinski definition) is 2. The monoisotopic (exact) mass is 298 g/mol. The molecule has 1 N–H and O–H groups in total. The Bertz CT molecular complexity index is 270. The normalized spacial score (nSPS) is 11.6. The average molecular weight is 298 g/mol. The van der Waals surface area contributed by atoms with Gasteiger partial charge >= 0.3 is 5.97 Å². The van der Waals surface area contributed by atoms with E-state index in [4.69, 9.17) is 0 Å². The molecule has 0 aromatic rings. The highest BCUT2D eigenvalue weighted by Crippen LogP contribution is 2.38. The third-order valence-electron chi connectivity index (χ3n) is 4.45. The number of hydrogen-bond donors (Lipinski definition) is 1. The van der Waals surface area contributed by atoms with Crippen LogP contribution in [0.1, 0.15) is 97.8 Å². The van der Waals surface area contributed by atoms with Crippen molar-refractivity contribution in [3.8, 4) is 0 Å². The van der Waals surface area contributed by atoms with Crippen molar-refractivity contribution >= 4 is 11.8 Å². The van der Waals surface area contributed by atoms with Gasteiger partial charge in [0.05, 0.1) is 0 Å². The first-order valence-corrected chi connectivity index (χ1v) is 8.81. The molecule has 0 saturated heterocycles. The third kappa shape index (κ3) is 7.63. The van der Waals surface area contributed by atoms with Crippen molar-refractivity contribution in [2.45, 2.75) is 97.8 Å². The number of carbonyl (C=O) groups is 2. The van der Waals surface area contributed by atoms with Crippen LogP contribution in [0.4, 0.5) is 0 Å². The molecule has 3 heteroatoms. The van der Waals surface area contributed by atoms with Crippen LogP contribution in [0.2, 0.25) is 0 Å². The molecular formula is C18H34O3. The summed E-state index contributed by atoms with van der Waals surface area (Å²) in [6.07, 6.45) is 11.7. The van der Waals surface area contributed by atoms with Gasteiger partial charge in [-0.05, 0) is 19.3 Å². The molecule has 0 aromatic carbocycles. The minimum atomic E-state index is -1.24. The van der Waals surface area contributed by atoms with Crippen LogP contribution in [0.25, 0.3) is 0 Å². The van der Waals surface area contributed by atoms with Gasteiger partial charge < -0.3 is 5.11 Å². The van der Waals surface area contributed by atoms with Gasteiger partial charge in [0.15, 0.2) is 0 Å². The molecule has 21 heavy (non-hydrogen) atoms.